The van der Waals surface area contributed by atoms with Crippen LogP contribution in [0.3, 0.4) is 0 Å². The molecule has 0 N–H and O–H groups in total. The second-order valence-corrected chi connectivity index (χ2v) is 7.98. The maximum Gasteiger partial charge on any atom is 0.130 e. The van der Waals surface area contributed by atoms with Crippen molar-refractivity contribution in [2.24, 2.45) is 4.99 Å². The number of rotatable bonds is 11. The van der Waals surface area contributed by atoms with Gasteiger partial charge in [-0.2, -0.15) is 0 Å². The van der Waals surface area contributed by atoms with Gasteiger partial charge in [0.05, 0.1) is 0 Å². The van der Waals surface area contributed by atoms with Crippen molar-refractivity contribution in [2.45, 2.75) is 78.4 Å². The summed E-state index contributed by atoms with van der Waals surface area (Å²) in [6, 6.07) is 0.571. The Morgan fingerprint density at radius 1 is 1.32 bits per heavy atom. The van der Waals surface area contributed by atoms with Crippen LogP contribution in [-0.2, 0) is 0 Å². The van der Waals surface area contributed by atoms with E-state index in [2.05, 4.69) is 43.3 Å². The molecule has 4 heteroatoms. The van der Waals surface area contributed by atoms with Crippen molar-refractivity contribution in [2.75, 3.05) is 20.1 Å². The molecule has 1 unspecified atom stereocenters. The fourth-order valence-electron chi connectivity index (χ4n) is 3.60. The molecule has 0 radical (unpaired) electrons. The molecule has 0 aliphatic heterocycles. The second-order valence-electron chi connectivity index (χ2n) is 7.98. The molecule has 0 aromatic heterocycles. The number of hydrogen-bond acceptors (Lipinski definition) is 2. The SMILES string of the molecule is C=CN(C1=CC(C(C)(C)F)=CC=CC1)C(CCN(CCC)C(C)CCC)=NC. The van der Waals surface area contributed by atoms with Gasteiger partial charge in [-0.05, 0) is 51.8 Å². The molecule has 0 heterocycles. The van der Waals surface area contributed by atoms with Crippen molar-refractivity contribution in [1.82, 2.24) is 9.80 Å². The highest BCUT2D eigenvalue weighted by Crippen LogP contribution is 2.27. The van der Waals surface area contributed by atoms with E-state index in [1.807, 2.05) is 30.2 Å². The topological polar surface area (TPSA) is 18.8 Å². The Labute approximate surface area is 172 Å². The summed E-state index contributed by atoms with van der Waals surface area (Å²) in [4.78, 5) is 9.14. The lowest BCUT2D eigenvalue weighted by Gasteiger charge is -2.31. The third-order valence-electron chi connectivity index (χ3n) is 5.24. The van der Waals surface area contributed by atoms with Gasteiger partial charge >= 0.3 is 0 Å². The molecular formula is C24H40FN3. The zero-order chi connectivity index (χ0) is 21.2. The summed E-state index contributed by atoms with van der Waals surface area (Å²) in [6.07, 6.45) is 14.7. The van der Waals surface area contributed by atoms with Gasteiger partial charge in [-0.1, -0.05) is 45.1 Å². The van der Waals surface area contributed by atoms with Gasteiger partial charge in [0.2, 0.25) is 0 Å². The minimum Gasteiger partial charge on any atom is -0.310 e. The molecule has 158 valence electrons. The first-order chi connectivity index (χ1) is 13.3. The Morgan fingerprint density at radius 2 is 2.04 bits per heavy atom. The summed E-state index contributed by atoms with van der Waals surface area (Å²) in [5, 5.41) is 0. The van der Waals surface area contributed by atoms with Crippen LogP contribution in [0.4, 0.5) is 4.39 Å². The number of nitrogens with zero attached hydrogens (tertiary/aromatic N) is 3. The first-order valence-corrected chi connectivity index (χ1v) is 10.7. The number of alkyl halides is 1. The van der Waals surface area contributed by atoms with Crippen LogP contribution in [0.2, 0.25) is 0 Å². The Bertz CT molecular complexity index is 608. The second kappa shape index (κ2) is 12.0. The monoisotopic (exact) mass is 389 g/mol. The fraction of sp³-hybridized carbons (Fsp3) is 0.625. The van der Waals surface area contributed by atoms with E-state index in [0.29, 0.717) is 11.6 Å². The summed E-state index contributed by atoms with van der Waals surface area (Å²) in [5.41, 5.74) is 0.289. The molecule has 0 saturated heterocycles. The molecule has 0 fully saturated rings. The zero-order valence-electron chi connectivity index (χ0n) is 18.8. The molecule has 0 spiro atoms. The van der Waals surface area contributed by atoms with E-state index < -0.39 is 5.67 Å². The predicted octanol–water partition coefficient (Wildman–Crippen LogP) is 6.27. The van der Waals surface area contributed by atoms with Crippen LogP contribution in [0.15, 0.2) is 53.3 Å². The smallest absolute Gasteiger partial charge is 0.130 e. The van der Waals surface area contributed by atoms with Crippen LogP contribution in [0.25, 0.3) is 0 Å². The van der Waals surface area contributed by atoms with Crippen LogP contribution in [0, 0.1) is 0 Å². The average molecular weight is 390 g/mol. The average Bonchev–Trinajstić information content (AvgIpc) is 2.90. The number of hydrogen-bond donors (Lipinski definition) is 0. The Morgan fingerprint density at radius 3 is 2.57 bits per heavy atom. The largest absolute Gasteiger partial charge is 0.310 e. The summed E-state index contributed by atoms with van der Waals surface area (Å²) < 4.78 is 14.6. The van der Waals surface area contributed by atoms with Crippen molar-refractivity contribution < 1.29 is 4.39 Å². The van der Waals surface area contributed by atoms with Gasteiger partial charge in [0, 0.05) is 44.4 Å². The van der Waals surface area contributed by atoms with Gasteiger partial charge < -0.3 is 9.80 Å². The molecule has 1 aliphatic carbocycles. The molecule has 1 rings (SSSR count). The molecule has 28 heavy (non-hydrogen) atoms. The van der Waals surface area contributed by atoms with Crippen LogP contribution in [0.1, 0.15) is 66.7 Å². The summed E-state index contributed by atoms with van der Waals surface area (Å²) >= 11 is 0. The highest BCUT2D eigenvalue weighted by Gasteiger charge is 2.23. The lowest BCUT2D eigenvalue weighted by molar-refractivity contribution is 0.203. The van der Waals surface area contributed by atoms with E-state index in [-0.39, 0.29) is 0 Å². The highest BCUT2D eigenvalue weighted by atomic mass is 19.1. The van der Waals surface area contributed by atoms with Crippen molar-refractivity contribution >= 4 is 5.84 Å². The van der Waals surface area contributed by atoms with E-state index in [9.17, 15) is 4.39 Å². The lowest BCUT2D eigenvalue weighted by atomic mass is 9.98. The summed E-state index contributed by atoms with van der Waals surface area (Å²) in [7, 11) is 1.83. The number of allylic oxidation sites excluding steroid dienone is 5. The first-order valence-electron chi connectivity index (χ1n) is 10.7. The van der Waals surface area contributed by atoms with E-state index in [0.717, 1.165) is 43.9 Å². The lowest BCUT2D eigenvalue weighted by Crippen LogP contribution is -2.37. The predicted molar refractivity (Wildman–Crippen MR) is 121 cm³/mol. The third kappa shape index (κ3) is 7.38. The maximum atomic E-state index is 14.6. The quantitative estimate of drug-likeness (QED) is 0.306. The molecule has 1 atom stereocenters. The van der Waals surface area contributed by atoms with Crippen molar-refractivity contribution in [3.63, 3.8) is 0 Å². The Hall–Kier alpha value is -1.68. The molecule has 3 nitrogen and oxygen atoms in total. The van der Waals surface area contributed by atoms with Gasteiger partial charge in [0.1, 0.15) is 11.5 Å². The van der Waals surface area contributed by atoms with E-state index in [1.165, 1.54) is 12.8 Å². The van der Waals surface area contributed by atoms with Crippen LogP contribution >= 0.6 is 0 Å². The molecule has 0 aromatic rings. The summed E-state index contributed by atoms with van der Waals surface area (Å²) in [6.45, 7) is 16.0. The van der Waals surface area contributed by atoms with Crippen molar-refractivity contribution in [3.05, 3.63) is 48.4 Å². The number of aliphatic imine (C=N–C) groups is 1. The van der Waals surface area contributed by atoms with Crippen LogP contribution < -0.4 is 0 Å². The molecule has 1 aliphatic rings. The molecule has 0 amide bonds. The minimum atomic E-state index is -1.39. The Kier molecular flexibility index (Phi) is 10.4. The molecular weight excluding hydrogens is 349 g/mol. The maximum absolute atomic E-state index is 14.6. The minimum absolute atomic E-state index is 0.571. The number of halogens is 1. The fourth-order valence-corrected chi connectivity index (χ4v) is 3.60. The number of amidine groups is 1. The standard InChI is InChI=1S/C24H40FN3/c1-8-13-20(4)27(17-9-2)18-16-23(26-7)28(10-3)22-15-12-11-14-21(19-22)24(5,6)25/h10-12,14,19-20H,3,8-9,13,15-18H2,1-2,4-7H3. The van der Waals surface area contributed by atoms with E-state index in [1.54, 1.807) is 20.0 Å². The van der Waals surface area contributed by atoms with E-state index in [4.69, 9.17) is 0 Å². The van der Waals surface area contributed by atoms with Gasteiger partial charge in [0.25, 0.3) is 0 Å². The van der Waals surface area contributed by atoms with Gasteiger partial charge in [-0.3, -0.25) is 4.99 Å². The normalized spacial score (nSPS) is 16.5. The summed E-state index contributed by atoms with van der Waals surface area (Å²) in [5.74, 6) is 0.970. The van der Waals surface area contributed by atoms with Gasteiger partial charge in [0.15, 0.2) is 0 Å². The van der Waals surface area contributed by atoms with E-state index >= 15 is 0 Å². The highest BCUT2D eigenvalue weighted by molar-refractivity contribution is 5.85. The Balaban J connectivity index is 2.99. The first kappa shape index (κ1) is 24.4. The molecule has 0 aromatic carbocycles. The van der Waals surface area contributed by atoms with Gasteiger partial charge in [-0.15, -0.1) is 0 Å². The van der Waals surface area contributed by atoms with Gasteiger partial charge in [-0.25, -0.2) is 4.39 Å². The zero-order valence-corrected chi connectivity index (χ0v) is 18.8. The van der Waals surface area contributed by atoms with Crippen LogP contribution in [-0.4, -0.2) is 47.5 Å². The van der Waals surface area contributed by atoms with Crippen molar-refractivity contribution in [1.29, 1.82) is 0 Å². The van der Waals surface area contributed by atoms with Crippen LogP contribution in [0.5, 0.6) is 0 Å². The van der Waals surface area contributed by atoms with Crippen molar-refractivity contribution in [3.8, 4) is 0 Å². The molecule has 0 saturated carbocycles. The third-order valence-corrected chi connectivity index (χ3v) is 5.24. The molecule has 0 bridgehead atoms.